The van der Waals surface area contributed by atoms with Crippen LogP contribution in [0.2, 0.25) is 0 Å². The van der Waals surface area contributed by atoms with Crippen LogP contribution in [-0.2, 0) is 0 Å². The first-order valence-corrected chi connectivity index (χ1v) is 12.8. The van der Waals surface area contributed by atoms with Crippen molar-refractivity contribution in [1.29, 1.82) is 0 Å². The number of hydrogen-bond donors (Lipinski definition) is 1. The van der Waals surface area contributed by atoms with Crippen LogP contribution in [0.3, 0.4) is 0 Å². The van der Waals surface area contributed by atoms with Crippen LogP contribution in [-0.4, -0.2) is 40.5 Å². The molecular weight excluding hydrogens is 558 g/mol. The fourth-order valence-corrected chi connectivity index (χ4v) is 6.24. The number of fused-ring (bicyclic) bond motifs is 6. The van der Waals surface area contributed by atoms with Gasteiger partial charge in [-0.1, -0.05) is 12.1 Å². The predicted molar refractivity (Wildman–Crippen MR) is 135 cm³/mol. The van der Waals surface area contributed by atoms with Crippen LogP contribution < -0.4 is 5.32 Å². The molecule has 1 N–H and O–H groups in total. The third-order valence-corrected chi connectivity index (χ3v) is 7.97. The van der Waals surface area contributed by atoms with Gasteiger partial charge in [-0.15, -0.1) is 16.4 Å². The third-order valence-electron chi connectivity index (χ3n) is 6.90. The number of aromatic nitrogens is 7. The van der Waals surface area contributed by atoms with Crippen molar-refractivity contribution < 1.29 is 26.3 Å². The number of halogens is 6. The molecule has 0 saturated carbocycles. The highest BCUT2D eigenvalue weighted by atomic mass is 32.1. The van der Waals surface area contributed by atoms with Gasteiger partial charge >= 0.3 is 6.18 Å². The molecule has 0 unspecified atom stereocenters. The van der Waals surface area contributed by atoms with E-state index in [1.54, 1.807) is 6.92 Å². The van der Waals surface area contributed by atoms with E-state index in [2.05, 4.69) is 30.5 Å². The largest absolute Gasteiger partial charge is 0.410 e. The molecule has 5 aromatic heterocycles. The van der Waals surface area contributed by atoms with Crippen LogP contribution in [0.5, 0.6) is 0 Å². The summed E-state index contributed by atoms with van der Waals surface area (Å²) in [4.78, 5) is 13.4. The molecular formula is C25H16F6N8S. The monoisotopic (exact) mass is 574 g/mol. The second-order valence-electron chi connectivity index (χ2n) is 9.47. The molecule has 8 nitrogen and oxygen atoms in total. The van der Waals surface area contributed by atoms with E-state index in [0.717, 1.165) is 16.0 Å². The minimum absolute atomic E-state index is 0.0627. The number of pyridine rings is 1. The Balaban J connectivity index is 1.33. The summed E-state index contributed by atoms with van der Waals surface area (Å²) < 4.78 is 85.1. The number of aryl methyl sites for hydroxylation is 1. The maximum Gasteiger partial charge on any atom is 0.410 e. The Morgan fingerprint density at radius 3 is 2.58 bits per heavy atom. The summed E-state index contributed by atoms with van der Waals surface area (Å²) in [6.07, 6.45) is -6.27. The van der Waals surface area contributed by atoms with E-state index in [1.165, 1.54) is 47.2 Å². The molecule has 40 heavy (non-hydrogen) atoms. The SMILES string of the molecule is Cc1cc(C(F)F)nc2sc3c(ncn4nc(-c5cc6n(n5)[C@@H](C(F)(F)F)C[C@@H](c5ccc(F)cc5)N6)nc34)c12. The second-order valence-corrected chi connectivity index (χ2v) is 10.5. The molecule has 1 aliphatic heterocycles. The number of rotatable bonds is 3. The van der Waals surface area contributed by atoms with Gasteiger partial charge < -0.3 is 5.32 Å². The molecule has 1 aliphatic rings. The number of alkyl halides is 5. The highest BCUT2D eigenvalue weighted by Crippen LogP contribution is 2.44. The van der Waals surface area contributed by atoms with Crippen molar-refractivity contribution in [2.24, 2.45) is 0 Å². The zero-order chi connectivity index (χ0) is 27.9. The van der Waals surface area contributed by atoms with Crippen LogP contribution in [0.1, 0.15) is 41.8 Å². The minimum atomic E-state index is -4.60. The maximum absolute atomic E-state index is 14.1. The molecule has 0 amide bonds. The fraction of sp³-hybridized carbons (Fsp3) is 0.240. The van der Waals surface area contributed by atoms with Crippen LogP contribution in [0.4, 0.5) is 32.2 Å². The van der Waals surface area contributed by atoms with Crippen LogP contribution in [0.25, 0.3) is 37.6 Å². The summed E-state index contributed by atoms with van der Waals surface area (Å²) >= 11 is 1.13. The number of thiophene rings is 1. The summed E-state index contributed by atoms with van der Waals surface area (Å²) in [7, 11) is 0. The van der Waals surface area contributed by atoms with E-state index in [0.29, 0.717) is 37.2 Å². The Morgan fingerprint density at radius 1 is 1.07 bits per heavy atom. The number of anilines is 1. The van der Waals surface area contributed by atoms with Crippen molar-refractivity contribution >= 4 is 43.2 Å². The third kappa shape index (κ3) is 3.86. The molecule has 0 fully saturated rings. The zero-order valence-electron chi connectivity index (χ0n) is 20.3. The summed E-state index contributed by atoms with van der Waals surface area (Å²) in [6, 6.07) is 5.38. The molecule has 1 aromatic carbocycles. The molecule has 0 spiro atoms. The quantitative estimate of drug-likeness (QED) is 0.234. The highest BCUT2D eigenvalue weighted by Gasteiger charge is 2.46. The Hall–Kier alpha value is -4.27. The number of nitrogens with zero attached hydrogens (tertiary/aromatic N) is 7. The number of benzene rings is 1. The van der Waals surface area contributed by atoms with E-state index < -0.39 is 30.5 Å². The van der Waals surface area contributed by atoms with Crippen molar-refractivity contribution in [2.75, 3.05) is 5.32 Å². The molecule has 6 aromatic rings. The first-order chi connectivity index (χ1) is 19.1. The molecule has 2 atom stereocenters. The Bertz CT molecular complexity index is 1920. The van der Waals surface area contributed by atoms with E-state index in [9.17, 15) is 26.3 Å². The van der Waals surface area contributed by atoms with Gasteiger partial charge in [0.15, 0.2) is 11.7 Å². The molecule has 0 saturated heterocycles. The van der Waals surface area contributed by atoms with Gasteiger partial charge in [-0.2, -0.15) is 18.3 Å². The summed E-state index contributed by atoms with van der Waals surface area (Å²) in [6.45, 7) is 1.70. The summed E-state index contributed by atoms with van der Waals surface area (Å²) in [5, 5.41) is 12.3. The van der Waals surface area contributed by atoms with Crippen LogP contribution in [0.15, 0.2) is 42.7 Å². The van der Waals surface area contributed by atoms with Gasteiger partial charge in [0, 0.05) is 17.9 Å². The van der Waals surface area contributed by atoms with Crippen molar-refractivity contribution in [1.82, 2.24) is 34.3 Å². The van der Waals surface area contributed by atoms with E-state index in [-0.39, 0.29) is 29.5 Å². The fourth-order valence-electron chi connectivity index (χ4n) is 5.05. The molecule has 204 valence electrons. The highest BCUT2D eigenvalue weighted by molar-refractivity contribution is 7.26. The lowest BCUT2D eigenvalue weighted by Crippen LogP contribution is -2.35. The standard InChI is InChI=1S/C25H16F6N8S/c1-10-6-14(21(27)28)34-24-18(10)19-20(40-24)23-35-22(37-38(23)9-32-19)15-8-17-33-13(11-2-4-12(26)5-3-11)7-16(25(29,30)31)39(17)36-15/h2-6,8-9,13,16,21,33H,7H2,1H3/t13-,16+/m0/s1. The van der Waals surface area contributed by atoms with Crippen molar-refractivity contribution in [2.45, 2.75) is 38.0 Å². The van der Waals surface area contributed by atoms with Gasteiger partial charge in [-0.3, -0.25) is 0 Å². The average molecular weight is 575 g/mol. The molecule has 7 rings (SSSR count). The van der Waals surface area contributed by atoms with E-state index in [4.69, 9.17) is 0 Å². The number of nitrogens with one attached hydrogen (secondary N) is 1. The first-order valence-electron chi connectivity index (χ1n) is 12.0. The molecule has 0 radical (unpaired) electrons. The van der Waals surface area contributed by atoms with Gasteiger partial charge in [0.1, 0.15) is 38.9 Å². The van der Waals surface area contributed by atoms with Gasteiger partial charge in [0.05, 0.1) is 11.6 Å². The topological polar surface area (TPSA) is 85.8 Å². The lowest BCUT2D eigenvalue weighted by Gasteiger charge is -2.33. The van der Waals surface area contributed by atoms with Crippen molar-refractivity contribution in [3.05, 3.63) is 65.4 Å². The molecule has 0 aliphatic carbocycles. The van der Waals surface area contributed by atoms with Gasteiger partial charge in [-0.05, 0) is 36.2 Å². The van der Waals surface area contributed by atoms with E-state index in [1.807, 2.05) is 0 Å². The Morgan fingerprint density at radius 2 is 1.85 bits per heavy atom. The Labute approximate surface area is 224 Å². The van der Waals surface area contributed by atoms with Crippen LogP contribution >= 0.6 is 11.3 Å². The molecule has 6 heterocycles. The lowest BCUT2D eigenvalue weighted by molar-refractivity contribution is -0.173. The minimum Gasteiger partial charge on any atom is -0.363 e. The van der Waals surface area contributed by atoms with E-state index >= 15 is 0 Å². The predicted octanol–water partition coefficient (Wildman–Crippen LogP) is 6.80. The number of hydrogen-bond acceptors (Lipinski definition) is 7. The van der Waals surface area contributed by atoms with Crippen LogP contribution in [0, 0.1) is 12.7 Å². The van der Waals surface area contributed by atoms with Crippen molar-refractivity contribution in [3.8, 4) is 11.5 Å². The second kappa shape index (κ2) is 8.61. The average Bonchev–Trinajstić information content (AvgIpc) is 3.61. The van der Waals surface area contributed by atoms with Gasteiger partial charge in [0.25, 0.3) is 6.43 Å². The molecule has 15 heteroatoms. The summed E-state index contributed by atoms with van der Waals surface area (Å²) in [5.41, 5.74) is 1.71. The van der Waals surface area contributed by atoms with Gasteiger partial charge in [-0.25, -0.2) is 37.3 Å². The van der Waals surface area contributed by atoms with Crippen molar-refractivity contribution in [3.63, 3.8) is 0 Å². The smallest absolute Gasteiger partial charge is 0.363 e. The zero-order valence-corrected chi connectivity index (χ0v) is 21.1. The maximum atomic E-state index is 14.1. The Kier molecular flexibility index (Phi) is 5.33. The normalized spacial score (nSPS) is 17.7. The molecule has 0 bridgehead atoms. The first kappa shape index (κ1) is 24.7. The lowest BCUT2D eigenvalue weighted by atomic mass is 9.97. The summed E-state index contributed by atoms with van der Waals surface area (Å²) in [5.74, 6) is -0.311. The van der Waals surface area contributed by atoms with Gasteiger partial charge in [0.2, 0.25) is 5.82 Å².